The molecule has 1 rings (SSSR count). The zero-order valence-corrected chi connectivity index (χ0v) is 15.7. The molecule has 0 spiro atoms. The van der Waals surface area contributed by atoms with Gasteiger partial charge in [-0.05, 0) is 30.2 Å². The lowest BCUT2D eigenvalue weighted by atomic mass is 10.1. The molecule has 138 valence electrons. The molecular formula is C20H29NO4. The summed E-state index contributed by atoms with van der Waals surface area (Å²) in [5.74, 6) is -0.00532. The number of amides is 1. The molecule has 1 amide bonds. The number of rotatable bonds is 10. The lowest BCUT2D eigenvalue weighted by molar-refractivity contribution is -0.146. The monoisotopic (exact) mass is 347 g/mol. The third-order valence-electron chi connectivity index (χ3n) is 3.95. The molecule has 0 saturated heterocycles. The summed E-state index contributed by atoms with van der Waals surface area (Å²) in [6.45, 7) is 4.89. The maximum Gasteiger partial charge on any atom is 0.310 e. The van der Waals surface area contributed by atoms with E-state index in [4.69, 9.17) is 9.47 Å². The molecule has 0 aromatic heterocycles. The second-order valence-corrected chi connectivity index (χ2v) is 6.03. The van der Waals surface area contributed by atoms with Gasteiger partial charge in [-0.15, -0.1) is 0 Å². The molecule has 5 nitrogen and oxygen atoms in total. The number of unbranched alkanes of at least 4 members (excludes halogenated alkanes) is 2. The Balaban J connectivity index is 2.78. The summed E-state index contributed by atoms with van der Waals surface area (Å²) in [5, 5.41) is 0. The quantitative estimate of drug-likeness (QED) is 0.369. The number of benzene rings is 1. The van der Waals surface area contributed by atoms with Crippen LogP contribution in [0.3, 0.4) is 0 Å². The van der Waals surface area contributed by atoms with E-state index < -0.39 is 0 Å². The van der Waals surface area contributed by atoms with Crippen molar-refractivity contribution >= 4 is 18.0 Å². The normalized spacial score (nSPS) is 12.0. The largest absolute Gasteiger partial charge is 0.497 e. The van der Waals surface area contributed by atoms with Crippen LogP contribution in [0.5, 0.6) is 5.75 Å². The molecule has 1 unspecified atom stereocenters. The van der Waals surface area contributed by atoms with Gasteiger partial charge in [0.2, 0.25) is 5.91 Å². The minimum atomic E-state index is -0.346. The van der Waals surface area contributed by atoms with Crippen molar-refractivity contribution in [3.05, 3.63) is 35.9 Å². The van der Waals surface area contributed by atoms with Crippen LogP contribution in [0.25, 0.3) is 6.08 Å². The molecule has 1 aromatic carbocycles. The second kappa shape index (κ2) is 11.3. The highest BCUT2D eigenvalue weighted by Gasteiger charge is 2.19. The summed E-state index contributed by atoms with van der Waals surface area (Å²) in [6, 6.07) is 7.50. The first-order valence-corrected chi connectivity index (χ1v) is 8.70. The van der Waals surface area contributed by atoms with E-state index in [9.17, 15) is 9.59 Å². The van der Waals surface area contributed by atoms with Gasteiger partial charge in [-0.3, -0.25) is 9.59 Å². The van der Waals surface area contributed by atoms with E-state index in [1.807, 2.05) is 24.3 Å². The lowest BCUT2D eigenvalue weighted by Gasteiger charge is -2.24. The minimum Gasteiger partial charge on any atom is -0.497 e. The van der Waals surface area contributed by atoms with Gasteiger partial charge < -0.3 is 14.4 Å². The zero-order chi connectivity index (χ0) is 18.7. The number of carbonyl (C=O) groups is 2. The Kier molecular flexibility index (Phi) is 9.37. The van der Waals surface area contributed by atoms with Crippen LogP contribution in [0.1, 0.15) is 38.7 Å². The predicted octanol–water partition coefficient (Wildman–Crippen LogP) is 3.54. The molecule has 0 aliphatic rings. The Morgan fingerprint density at radius 1 is 1.24 bits per heavy atom. The Hall–Kier alpha value is -2.30. The number of carbonyl (C=O) groups excluding carboxylic acids is 2. The highest BCUT2D eigenvalue weighted by molar-refractivity contribution is 5.92. The van der Waals surface area contributed by atoms with Crippen molar-refractivity contribution in [3.8, 4) is 5.75 Å². The van der Waals surface area contributed by atoms with E-state index in [0.29, 0.717) is 13.1 Å². The Morgan fingerprint density at radius 3 is 2.64 bits per heavy atom. The van der Waals surface area contributed by atoms with Gasteiger partial charge in [0.1, 0.15) is 5.75 Å². The van der Waals surface area contributed by atoms with Crippen molar-refractivity contribution in [2.24, 2.45) is 5.92 Å². The standard InChI is InChI=1S/C20H29NO4/c1-5-6-7-13-21(15-16(2)20(23)25-4)19(22)12-11-17-9-8-10-18(14-17)24-3/h8-12,14,16H,5-7,13,15H2,1-4H3/b12-11+. The molecule has 0 aliphatic heterocycles. The van der Waals surface area contributed by atoms with Crippen LogP contribution in [0, 0.1) is 5.92 Å². The van der Waals surface area contributed by atoms with E-state index in [0.717, 1.165) is 30.6 Å². The molecule has 0 radical (unpaired) electrons. The number of nitrogens with zero attached hydrogens (tertiary/aromatic N) is 1. The fourth-order valence-electron chi connectivity index (χ4n) is 2.47. The van der Waals surface area contributed by atoms with Gasteiger partial charge in [-0.25, -0.2) is 0 Å². The third kappa shape index (κ3) is 7.42. The molecule has 0 aliphatic carbocycles. The predicted molar refractivity (Wildman–Crippen MR) is 99.3 cm³/mol. The fraction of sp³-hybridized carbons (Fsp3) is 0.500. The minimum absolute atomic E-state index is 0.102. The number of hydrogen-bond donors (Lipinski definition) is 0. The van der Waals surface area contributed by atoms with E-state index >= 15 is 0 Å². The summed E-state index contributed by atoms with van der Waals surface area (Å²) in [6.07, 6.45) is 6.36. The highest BCUT2D eigenvalue weighted by Crippen LogP contribution is 2.14. The van der Waals surface area contributed by atoms with Crippen LogP contribution in [-0.2, 0) is 14.3 Å². The van der Waals surface area contributed by atoms with E-state index in [2.05, 4.69) is 6.92 Å². The van der Waals surface area contributed by atoms with Crippen LogP contribution < -0.4 is 4.74 Å². The van der Waals surface area contributed by atoms with Crippen molar-refractivity contribution in [3.63, 3.8) is 0 Å². The van der Waals surface area contributed by atoms with Crippen LogP contribution in [-0.4, -0.2) is 44.1 Å². The maximum atomic E-state index is 12.6. The molecule has 0 heterocycles. The van der Waals surface area contributed by atoms with Crippen molar-refractivity contribution < 1.29 is 19.1 Å². The van der Waals surface area contributed by atoms with Crippen LogP contribution in [0.15, 0.2) is 30.3 Å². The second-order valence-electron chi connectivity index (χ2n) is 6.03. The molecule has 1 atom stereocenters. The number of esters is 1. The first-order valence-electron chi connectivity index (χ1n) is 8.70. The average Bonchev–Trinajstić information content (AvgIpc) is 2.64. The van der Waals surface area contributed by atoms with Gasteiger partial charge in [0.25, 0.3) is 0 Å². The third-order valence-corrected chi connectivity index (χ3v) is 3.95. The first kappa shape index (κ1) is 20.7. The molecule has 0 saturated carbocycles. The lowest BCUT2D eigenvalue weighted by Crippen LogP contribution is -2.37. The van der Waals surface area contributed by atoms with Gasteiger partial charge >= 0.3 is 5.97 Å². The Bertz CT molecular complexity index is 583. The van der Waals surface area contributed by atoms with Crippen molar-refractivity contribution in [2.75, 3.05) is 27.3 Å². The van der Waals surface area contributed by atoms with E-state index in [1.54, 1.807) is 31.1 Å². The Morgan fingerprint density at radius 2 is 2.00 bits per heavy atom. The molecule has 0 bridgehead atoms. The Labute approximate surface area is 150 Å². The van der Waals surface area contributed by atoms with Crippen molar-refractivity contribution in [1.29, 1.82) is 0 Å². The van der Waals surface area contributed by atoms with Gasteiger partial charge in [-0.2, -0.15) is 0 Å². The van der Waals surface area contributed by atoms with Crippen LogP contribution in [0.4, 0.5) is 0 Å². The summed E-state index contributed by atoms with van der Waals surface area (Å²) in [4.78, 5) is 25.9. The molecule has 0 N–H and O–H groups in total. The van der Waals surface area contributed by atoms with Crippen LogP contribution in [0.2, 0.25) is 0 Å². The summed E-state index contributed by atoms with van der Waals surface area (Å²) < 4.78 is 9.95. The topological polar surface area (TPSA) is 55.8 Å². The van der Waals surface area contributed by atoms with Gasteiger partial charge in [-0.1, -0.05) is 38.8 Å². The summed E-state index contributed by atoms with van der Waals surface area (Å²) in [7, 11) is 2.97. The average molecular weight is 347 g/mol. The number of hydrogen-bond acceptors (Lipinski definition) is 4. The van der Waals surface area contributed by atoms with E-state index in [-0.39, 0.29) is 17.8 Å². The molecular weight excluding hydrogens is 318 g/mol. The number of ether oxygens (including phenoxy) is 2. The smallest absolute Gasteiger partial charge is 0.310 e. The zero-order valence-electron chi connectivity index (χ0n) is 15.7. The molecule has 5 heteroatoms. The SMILES string of the molecule is CCCCCN(CC(C)C(=O)OC)C(=O)/C=C/c1cccc(OC)c1. The highest BCUT2D eigenvalue weighted by atomic mass is 16.5. The molecule has 0 fully saturated rings. The van der Waals surface area contributed by atoms with E-state index in [1.165, 1.54) is 7.11 Å². The first-order chi connectivity index (χ1) is 12.0. The van der Waals surface area contributed by atoms with Gasteiger partial charge in [0, 0.05) is 19.2 Å². The molecule has 1 aromatic rings. The maximum absolute atomic E-state index is 12.6. The van der Waals surface area contributed by atoms with Gasteiger partial charge in [0.15, 0.2) is 0 Å². The van der Waals surface area contributed by atoms with Crippen molar-refractivity contribution in [2.45, 2.75) is 33.1 Å². The van der Waals surface area contributed by atoms with Crippen molar-refractivity contribution in [1.82, 2.24) is 4.90 Å². The fourth-order valence-corrected chi connectivity index (χ4v) is 2.47. The summed E-state index contributed by atoms with van der Waals surface area (Å²) >= 11 is 0. The van der Waals surface area contributed by atoms with Gasteiger partial charge in [0.05, 0.1) is 20.1 Å². The summed E-state index contributed by atoms with van der Waals surface area (Å²) in [5.41, 5.74) is 0.891. The van der Waals surface area contributed by atoms with Crippen LogP contribution >= 0.6 is 0 Å². The molecule has 25 heavy (non-hydrogen) atoms. The number of methoxy groups -OCH3 is 2.